The van der Waals surface area contributed by atoms with Crippen molar-refractivity contribution in [2.45, 2.75) is 23.8 Å². The van der Waals surface area contributed by atoms with E-state index >= 15 is 0 Å². The lowest BCUT2D eigenvalue weighted by molar-refractivity contribution is 0.101. The molecule has 7 heteroatoms. The molecule has 0 saturated carbocycles. The number of aryl methyl sites for hydroxylation is 1. The second-order valence-electron chi connectivity index (χ2n) is 6.32. The molecule has 0 unspecified atom stereocenters. The summed E-state index contributed by atoms with van der Waals surface area (Å²) in [5, 5.41) is 6.84. The van der Waals surface area contributed by atoms with Gasteiger partial charge in [-0.25, -0.2) is 4.98 Å². The highest BCUT2D eigenvalue weighted by molar-refractivity contribution is 7.99. The minimum atomic E-state index is 0.0283. The third kappa shape index (κ3) is 3.26. The van der Waals surface area contributed by atoms with Crippen molar-refractivity contribution in [1.82, 2.24) is 19.3 Å². The van der Waals surface area contributed by atoms with Gasteiger partial charge in [-0.2, -0.15) is 5.10 Å². The first-order valence-corrected chi connectivity index (χ1v) is 9.58. The lowest BCUT2D eigenvalue weighted by Gasteiger charge is -2.06. The summed E-state index contributed by atoms with van der Waals surface area (Å²) in [6, 6.07) is 9.43. The summed E-state index contributed by atoms with van der Waals surface area (Å²) in [7, 11) is 1.89. The standard InChI is InChI=1S/C20H17ClN4OS/c1-12-20(27-19-8-14(13(2)26)6-7-22-19)17-5-4-15(21)9-18(17)25(12)16-10-23-24(3)11-16/h4-11H,1-3H3. The third-order valence-corrected chi connectivity index (χ3v) is 5.79. The number of fused-ring (bicyclic) bond motifs is 1. The molecular formula is C20H17ClN4OS. The summed E-state index contributed by atoms with van der Waals surface area (Å²) in [5.74, 6) is 0.0283. The number of pyridine rings is 1. The average molecular weight is 397 g/mol. The second-order valence-corrected chi connectivity index (χ2v) is 7.79. The van der Waals surface area contributed by atoms with Crippen LogP contribution in [0.1, 0.15) is 23.0 Å². The molecule has 0 saturated heterocycles. The van der Waals surface area contributed by atoms with E-state index in [0.29, 0.717) is 10.6 Å². The van der Waals surface area contributed by atoms with Gasteiger partial charge in [0.25, 0.3) is 0 Å². The molecule has 0 aliphatic carbocycles. The monoisotopic (exact) mass is 396 g/mol. The van der Waals surface area contributed by atoms with Crippen LogP contribution in [0.4, 0.5) is 0 Å². The fourth-order valence-corrected chi connectivity index (χ4v) is 4.33. The molecule has 3 aromatic heterocycles. The van der Waals surface area contributed by atoms with E-state index in [9.17, 15) is 4.79 Å². The summed E-state index contributed by atoms with van der Waals surface area (Å²) in [6.07, 6.45) is 5.47. The third-order valence-electron chi connectivity index (χ3n) is 4.41. The minimum Gasteiger partial charge on any atom is -0.310 e. The van der Waals surface area contributed by atoms with Crippen LogP contribution >= 0.6 is 23.4 Å². The average Bonchev–Trinajstić information content (AvgIpc) is 3.16. The van der Waals surface area contributed by atoms with E-state index in [4.69, 9.17) is 11.6 Å². The Hall–Kier alpha value is -2.57. The van der Waals surface area contributed by atoms with Crippen LogP contribution in [0.3, 0.4) is 0 Å². The van der Waals surface area contributed by atoms with Gasteiger partial charge in [-0.15, -0.1) is 0 Å². The quantitative estimate of drug-likeness (QED) is 0.451. The molecule has 4 rings (SSSR count). The van der Waals surface area contributed by atoms with Gasteiger partial charge in [-0.3, -0.25) is 9.48 Å². The van der Waals surface area contributed by atoms with E-state index in [1.807, 2.05) is 43.7 Å². The lowest BCUT2D eigenvalue weighted by atomic mass is 10.2. The van der Waals surface area contributed by atoms with Gasteiger partial charge in [-0.1, -0.05) is 29.4 Å². The van der Waals surface area contributed by atoms with Crippen LogP contribution in [0.2, 0.25) is 5.02 Å². The molecule has 136 valence electrons. The normalized spacial score (nSPS) is 11.3. The van der Waals surface area contributed by atoms with Crippen molar-refractivity contribution < 1.29 is 4.79 Å². The van der Waals surface area contributed by atoms with E-state index in [2.05, 4.69) is 21.6 Å². The highest BCUT2D eigenvalue weighted by Gasteiger charge is 2.18. The smallest absolute Gasteiger partial charge is 0.159 e. The molecule has 0 atom stereocenters. The SMILES string of the molecule is CC(=O)c1ccnc(Sc2c(C)n(-c3cnn(C)c3)c3cc(Cl)ccc23)c1. The van der Waals surface area contributed by atoms with Crippen molar-refractivity contribution >= 4 is 40.0 Å². The van der Waals surface area contributed by atoms with E-state index in [0.717, 1.165) is 32.2 Å². The van der Waals surface area contributed by atoms with Crippen molar-refractivity contribution in [3.63, 3.8) is 0 Å². The molecule has 5 nitrogen and oxygen atoms in total. The molecule has 0 bridgehead atoms. The predicted octanol–water partition coefficient (Wildman–Crippen LogP) is 5.07. The van der Waals surface area contributed by atoms with Crippen molar-refractivity contribution in [1.29, 1.82) is 0 Å². The first-order chi connectivity index (χ1) is 12.9. The molecule has 3 heterocycles. The largest absolute Gasteiger partial charge is 0.310 e. The summed E-state index contributed by atoms with van der Waals surface area (Å²) in [5.41, 5.74) is 3.71. The number of aromatic nitrogens is 4. The maximum absolute atomic E-state index is 11.7. The Bertz CT molecular complexity index is 1180. The van der Waals surface area contributed by atoms with Crippen LogP contribution in [0, 0.1) is 6.92 Å². The Labute approximate surface area is 166 Å². The first-order valence-electron chi connectivity index (χ1n) is 8.38. The van der Waals surface area contributed by atoms with E-state index in [-0.39, 0.29) is 5.78 Å². The zero-order valence-corrected chi connectivity index (χ0v) is 16.7. The van der Waals surface area contributed by atoms with E-state index in [1.165, 1.54) is 0 Å². The highest BCUT2D eigenvalue weighted by Crippen LogP contribution is 2.40. The Morgan fingerprint density at radius 1 is 1.22 bits per heavy atom. The summed E-state index contributed by atoms with van der Waals surface area (Å²) >= 11 is 7.82. The maximum Gasteiger partial charge on any atom is 0.159 e. The molecule has 4 aromatic rings. The number of hydrogen-bond acceptors (Lipinski definition) is 4. The maximum atomic E-state index is 11.7. The fraction of sp³-hybridized carbons (Fsp3) is 0.150. The number of rotatable bonds is 4. The molecule has 0 amide bonds. The van der Waals surface area contributed by atoms with Crippen LogP contribution in [0.15, 0.2) is 58.8 Å². The van der Waals surface area contributed by atoms with Crippen molar-refractivity contribution in [3.05, 3.63) is 65.2 Å². The Morgan fingerprint density at radius 2 is 2.04 bits per heavy atom. The van der Waals surface area contributed by atoms with Gasteiger partial charge in [0.15, 0.2) is 5.78 Å². The van der Waals surface area contributed by atoms with Gasteiger partial charge in [0.1, 0.15) is 5.03 Å². The number of halogens is 1. The summed E-state index contributed by atoms with van der Waals surface area (Å²) < 4.78 is 3.92. The molecular weight excluding hydrogens is 380 g/mol. The van der Waals surface area contributed by atoms with Crippen molar-refractivity contribution in [2.75, 3.05) is 0 Å². The van der Waals surface area contributed by atoms with E-state index in [1.54, 1.807) is 35.6 Å². The Kier molecular flexibility index (Phi) is 4.53. The number of Topliss-reactive ketones (excluding diaryl/α,β-unsaturated/α-hetero) is 1. The molecule has 27 heavy (non-hydrogen) atoms. The zero-order valence-electron chi connectivity index (χ0n) is 15.1. The number of ketones is 1. The van der Waals surface area contributed by atoms with Gasteiger partial charge in [0.2, 0.25) is 0 Å². The van der Waals surface area contributed by atoms with E-state index < -0.39 is 0 Å². The Balaban J connectivity index is 1.90. The number of hydrogen-bond donors (Lipinski definition) is 0. The summed E-state index contributed by atoms with van der Waals surface area (Å²) in [6.45, 7) is 3.63. The first kappa shape index (κ1) is 17.8. The van der Waals surface area contributed by atoms with Gasteiger partial charge in [-0.05, 0) is 38.1 Å². The fourth-order valence-electron chi connectivity index (χ4n) is 3.13. The van der Waals surface area contributed by atoms with Crippen LogP contribution in [-0.4, -0.2) is 25.1 Å². The second kappa shape index (κ2) is 6.87. The number of benzene rings is 1. The molecule has 0 radical (unpaired) electrons. The van der Waals surface area contributed by atoms with Crippen LogP contribution < -0.4 is 0 Å². The zero-order chi connectivity index (χ0) is 19.1. The minimum absolute atomic E-state index is 0.0283. The van der Waals surface area contributed by atoms with Crippen molar-refractivity contribution in [2.24, 2.45) is 7.05 Å². The number of nitrogens with zero attached hydrogens (tertiary/aromatic N) is 4. The number of carbonyl (C=O) groups is 1. The molecule has 0 N–H and O–H groups in total. The van der Waals surface area contributed by atoms with Gasteiger partial charge in [0.05, 0.1) is 17.4 Å². The van der Waals surface area contributed by atoms with Gasteiger partial charge in [0, 0.05) is 46.0 Å². The Morgan fingerprint density at radius 3 is 2.74 bits per heavy atom. The summed E-state index contributed by atoms with van der Waals surface area (Å²) in [4.78, 5) is 17.2. The van der Waals surface area contributed by atoms with Gasteiger partial charge >= 0.3 is 0 Å². The topological polar surface area (TPSA) is 52.7 Å². The molecule has 0 aliphatic heterocycles. The van der Waals surface area contributed by atoms with Crippen molar-refractivity contribution in [3.8, 4) is 5.69 Å². The van der Waals surface area contributed by atoms with Crippen LogP contribution in [-0.2, 0) is 7.05 Å². The predicted molar refractivity (Wildman–Crippen MR) is 108 cm³/mol. The molecule has 1 aromatic carbocycles. The number of carbonyl (C=O) groups excluding carboxylic acids is 1. The molecule has 0 aliphatic rings. The van der Waals surface area contributed by atoms with Crippen LogP contribution in [0.5, 0.6) is 0 Å². The van der Waals surface area contributed by atoms with Gasteiger partial charge < -0.3 is 4.57 Å². The molecule has 0 spiro atoms. The van der Waals surface area contributed by atoms with Crippen LogP contribution in [0.25, 0.3) is 16.6 Å². The lowest BCUT2D eigenvalue weighted by Crippen LogP contribution is -1.95. The molecule has 0 fully saturated rings. The highest BCUT2D eigenvalue weighted by atomic mass is 35.5.